The number of hydrogen-bond acceptors (Lipinski definition) is 13. The average Bonchev–Trinajstić information content (AvgIpc) is 3.22. The lowest BCUT2D eigenvalue weighted by Crippen LogP contribution is -2.65. The largest absolute Gasteiger partial charge is 0.394 e. The van der Waals surface area contributed by atoms with Gasteiger partial charge in [0.05, 0.1) is 32.0 Å². The van der Waals surface area contributed by atoms with E-state index >= 15 is 0 Å². The van der Waals surface area contributed by atoms with E-state index in [1.54, 1.807) is 6.08 Å². The molecule has 82 heavy (non-hydrogen) atoms. The Balaban J connectivity index is 1.58. The summed E-state index contributed by atoms with van der Waals surface area (Å²) in [6.45, 7) is 2.57. The zero-order chi connectivity index (χ0) is 59.5. The fraction of sp³-hybridized carbons (Fsp3) is 0.750. The number of allylic oxidation sites excluding steroid dienone is 15. The number of hydrogen-bond donors (Lipinski definition) is 9. The normalized spacial score (nSPS) is 24.6. The molecule has 0 radical (unpaired) electrons. The molecule has 2 rings (SSSR count). The van der Waals surface area contributed by atoms with Crippen LogP contribution in [0.3, 0.4) is 0 Å². The van der Waals surface area contributed by atoms with Crippen molar-refractivity contribution in [2.45, 2.75) is 306 Å². The van der Waals surface area contributed by atoms with E-state index in [9.17, 15) is 45.6 Å². The maximum atomic E-state index is 13.2. The summed E-state index contributed by atoms with van der Waals surface area (Å²) in [5, 5.41) is 86.9. The lowest BCUT2D eigenvalue weighted by Gasteiger charge is -2.46. The standard InChI is InChI=1S/C68H117NO13/c1-3-5-7-9-11-13-15-16-17-18-19-20-21-22-23-24-25-26-27-28-29-30-31-32-33-34-35-36-37-38-39-40-42-44-46-48-50-52-60(73)69-56(57(72)51-49-47-45-43-41-14-12-10-8-6-4-2)55-79-67-65(78)63(76)66(59(54-71)81-67)82-68-64(77)62(75)61(74)58(53-70)80-68/h5,7-8,10-11,13,16-17,19-20,22-23,41,43,49,51,56-59,61-68,70-72,74-78H,3-4,6,9,12,14-15,18,21,24-40,42,44-48,50,52-55H2,1-2H3,(H,69,73)/b7-5-,10-8+,13-11-,17-16-,20-19-,23-22-,43-41+,51-49+. The van der Waals surface area contributed by atoms with Crippen molar-refractivity contribution < 1.29 is 64.6 Å². The van der Waals surface area contributed by atoms with Crippen LogP contribution in [0, 0.1) is 0 Å². The van der Waals surface area contributed by atoms with E-state index in [-0.39, 0.29) is 18.9 Å². The molecule has 14 nitrogen and oxygen atoms in total. The predicted octanol–water partition coefficient (Wildman–Crippen LogP) is 12.2. The predicted molar refractivity (Wildman–Crippen MR) is 332 cm³/mol. The molecule has 0 bridgehead atoms. The molecule has 0 spiro atoms. The summed E-state index contributed by atoms with van der Waals surface area (Å²) in [5.41, 5.74) is 0. The Kier molecular flexibility index (Phi) is 47.8. The number of amides is 1. The van der Waals surface area contributed by atoms with Crippen LogP contribution >= 0.6 is 0 Å². The van der Waals surface area contributed by atoms with Crippen molar-refractivity contribution in [3.63, 3.8) is 0 Å². The van der Waals surface area contributed by atoms with Crippen molar-refractivity contribution in [2.75, 3.05) is 19.8 Å². The quantitative estimate of drug-likeness (QED) is 0.0204. The van der Waals surface area contributed by atoms with Gasteiger partial charge in [-0.15, -0.1) is 0 Å². The fourth-order valence-corrected chi connectivity index (χ4v) is 10.1. The molecule has 12 unspecified atom stereocenters. The number of ether oxygens (including phenoxy) is 4. The maximum Gasteiger partial charge on any atom is 0.220 e. The van der Waals surface area contributed by atoms with Crippen LogP contribution in [0.5, 0.6) is 0 Å². The summed E-state index contributed by atoms with van der Waals surface area (Å²) in [7, 11) is 0. The molecule has 14 heteroatoms. The van der Waals surface area contributed by atoms with E-state index in [1.807, 2.05) is 6.08 Å². The summed E-state index contributed by atoms with van der Waals surface area (Å²) >= 11 is 0. The molecule has 0 aromatic carbocycles. The Morgan fingerprint density at radius 3 is 1.33 bits per heavy atom. The maximum absolute atomic E-state index is 13.2. The molecule has 0 aromatic rings. The van der Waals surface area contributed by atoms with Gasteiger partial charge in [-0.2, -0.15) is 0 Å². The van der Waals surface area contributed by atoms with E-state index in [1.165, 1.54) is 116 Å². The van der Waals surface area contributed by atoms with E-state index in [0.29, 0.717) is 12.8 Å². The second-order valence-corrected chi connectivity index (χ2v) is 22.5. The lowest BCUT2D eigenvalue weighted by molar-refractivity contribution is -0.359. The SMILES string of the molecule is CC/C=C\C/C=C\C/C=C\C/C=C\C/C=C\CCCCCCCCCCCCCCCCCCCCCCCC(=O)NC(COC1OC(CO)C(OC2OC(CO)C(O)C(O)C2O)C(O)C1O)C(O)/C=C/CC/C=C/CC/C=C/CCC. The van der Waals surface area contributed by atoms with Gasteiger partial charge in [0.1, 0.15) is 48.8 Å². The average molecular weight is 1160 g/mol. The van der Waals surface area contributed by atoms with Gasteiger partial charge in [0, 0.05) is 6.42 Å². The highest BCUT2D eigenvalue weighted by Crippen LogP contribution is 2.30. The first-order chi connectivity index (χ1) is 40.1. The summed E-state index contributed by atoms with van der Waals surface area (Å²) in [6.07, 6.45) is 56.4. The first-order valence-electron chi connectivity index (χ1n) is 32.5. The third-order valence-corrected chi connectivity index (χ3v) is 15.2. The van der Waals surface area contributed by atoms with Crippen molar-refractivity contribution in [1.29, 1.82) is 0 Å². The minimum Gasteiger partial charge on any atom is -0.394 e. The number of aliphatic hydroxyl groups excluding tert-OH is 8. The van der Waals surface area contributed by atoms with Gasteiger partial charge < -0.3 is 65.1 Å². The molecule has 12 atom stereocenters. The molecular weight excluding hydrogens is 1040 g/mol. The summed E-state index contributed by atoms with van der Waals surface area (Å²) in [5.74, 6) is -0.256. The van der Waals surface area contributed by atoms with Crippen molar-refractivity contribution in [3.8, 4) is 0 Å². The van der Waals surface area contributed by atoms with E-state index in [0.717, 1.165) is 83.5 Å². The number of unbranched alkanes of at least 4 members (excludes halogenated alkanes) is 24. The van der Waals surface area contributed by atoms with Crippen molar-refractivity contribution in [3.05, 3.63) is 97.2 Å². The van der Waals surface area contributed by atoms with Crippen LogP contribution < -0.4 is 5.32 Å². The summed E-state index contributed by atoms with van der Waals surface area (Å²) < 4.78 is 22.7. The Hall–Kier alpha value is -3.09. The molecule has 472 valence electrons. The van der Waals surface area contributed by atoms with E-state index < -0.39 is 86.8 Å². The van der Waals surface area contributed by atoms with Gasteiger partial charge >= 0.3 is 0 Å². The number of carbonyl (C=O) groups excluding carboxylic acids is 1. The Labute approximate surface area is 496 Å². The number of aliphatic hydroxyl groups is 8. The molecule has 2 aliphatic rings. The van der Waals surface area contributed by atoms with Gasteiger partial charge in [0.25, 0.3) is 0 Å². The van der Waals surface area contributed by atoms with Crippen LogP contribution in [0.15, 0.2) is 97.2 Å². The lowest BCUT2D eigenvalue weighted by atomic mass is 9.97. The monoisotopic (exact) mass is 1160 g/mol. The number of carbonyl (C=O) groups is 1. The van der Waals surface area contributed by atoms with Gasteiger partial charge in [-0.1, -0.05) is 239 Å². The van der Waals surface area contributed by atoms with Gasteiger partial charge in [-0.25, -0.2) is 0 Å². The molecule has 1 amide bonds. The number of nitrogens with one attached hydrogen (secondary N) is 1. The highest BCUT2D eigenvalue weighted by Gasteiger charge is 2.51. The fourth-order valence-electron chi connectivity index (χ4n) is 10.1. The van der Waals surface area contributed by atoms with Crippen molar-refractivity contribution in [2.24, 2.45) is 0 Å². The molecule has 2 heterocycles. The minimum atomic E-state index is -1.79. The van der Waals surface area contributed by atoms with E-state index in [2.05, 4.69) is 104 Å². The van der Waals surface area contributed by atoms with Crippen LogP contribution in [0.1, 0.15) is 232 Å². The molecular formula is C68H117NO13. The Morgan fingerprint density at radius 1 is 0.451 bits per heavy atom. The molecule has 2 saturated heterocycles. The summed E-state index contributed by atoms with van der Waals surface area (Å²) in [4.78, 5) is 13.2. The van der Waals surface area contributed by atoms with Crippen LogP contribution in [0.4, 0.5) is 0 Å². The zero-order valence-electron chi connectivity index (χ0n) is 50.9. The number of rotatable bonds is 51. The smallest absolute Gasteiger partial charge is 0.220 e. The molecule has 0 aliphatic carbocycles. The molecule has 2 fully saturated rings. The molecule has 0 saturated carbocycles. The van der Waals surface area contributed by atoms with Crippen molar-refractivity contribution >= 4 is 5.91 Å². The second kappa shape index (κ2) is 52.3. The topological polar surface area (TPSA) is 228 Å². The third kappa shape index (κ3) is 36.7. The Morgan fingerprint density at radius 2 is 0.854 bits per heavy atom. The summed E-state index contributed by atoms with van der Waals surface area (Å²) in [6, 6.07) is -0.939. The highest BCUT2D eigenvalue weighted by molar-refractivity contribution is 5.76. The van der Waals surface area contributed by atoms with Gasteiger partial charge in [-0.05, 0) is 83.5 Å². The first-order valence-corrected chi connectivity index (χ1v) is 32.5. The van der Waals surface area contributed by atoms with Gasteiger partial charge in [0.2, 0.25) is 5.91 Å². The van der Waals surface area contributed by atoms with Crippen molar-refractivity contribution in [1.82, 2.24) is 5.32 Å². The molecule has 9 N–H and O–H groups in total. The highest BCUT2D eigenvalue weighted by atomic mass is 16.7. The molecule has 0 aromatic heterocycles. The zero-order valence-corrected chi connectivity index (χ0v) is 50.9. The van der Waals surface area contributed by atoms with E-state index in [4.69, 9.17) is 18.9 Å². The van der Waals surface area contributed by atoms with Crippen LogP contribution in [0.2, 0.25) is 0 Å². The van der Waals surface area contributed by atoms with Crippen LogP contribution in [-0.2, 0) is 23.7 Å². The Bertz CT molecular complexity index is 1740. The minimum absolute atomic E-state index is 0.256. The van der Waals surface area contributed by atoms with Crippen LogP contribution in [0.25, 0.3) is 0 Å². The van der Waals surface area contributed by atoms with Crippen LogP contribution in [-0.4, -0.2) is 140 Å². The molecule has 2 aliphatic heterocycles. The first kappa shape index (κ1) is 75.0. The third-order valence-electron chi connectivity index (χ3n) is 15.2. The van der Waals surface area contributed by atoms with Gasteiger partial charge in [0.15, 0.2) is 12.6 Å². The van der Waals surface area contributed by atoms with Gasteiger partial charge in [-0.3, -0.25) is 4.79 Å². The second-order valence-electron chi connectivity index (χ2n) is 22.5.